The van der Waals surface area contributed by atoms with Gasteiger partial charge in [0.25, 0.3) is 0 Å². The first kappa shape index (κ1) is 8.40. The number of benzene rings is 1. The first-order chi connectivity index (χ1) is 6.22. The molecule has 0 saturated heterocycles. The van der Waals surface area contributed by atoms with Crippen LogP contribution in [0.3, 0.4) is 0 Å². The van der Waals surface area contributed by atoms with Crippen LogP contribution >= 0.6 is 11.6 Å². The van der Waals surface area contributed by atoms with Crippen LogP contribution in [0.5, 0.6) is 5.75 Å². The molecule has 0 aromatic heterocycles. The lowest BCUT2D eigenvalue weighted by Crippen LogP contribution is -1.84. The number of hydrogen-bond donors (Lipinski definition) is 1. The van der Waals surface area contributed by atoms with Gasteiger partial charge in [-0.2, -0.15) is 5.26 Å². The maximum absolute atomic E-state index is 9.55. The van der Waals surface area contributed by atoms with Gasteiger partial charge in [-0.15, -0.1) is 0 Å². The zero-order chi connectivity index (χ0) is 9.42. The molecule has 1 aromatic rings. The number of aromatic hydroxyl groups is 1. The minimum Gasteiger partial charge on any atom is -0.508 e. The standard InChI is InChI=1S/C10H8ClNO/c11-9-4-8(6-1-2-6)10(13)3-7(9)5-12/h3-4,6,13H,1-2H2. The van der Waals surface area contributed by atoms with E-state index in [0.717, 1.165) is 18.4 Å². The number of phenols is 1. The zero-order valence-corrected chi connectivity index (χ0v) is 7.67. The van der Waals surface area contributed by atoms with Crippen LogP contribution in [0.2, 0.25) is 5.02 Å². The summed E-state index contributed by atoms with van der Waals surface area (Å²) in [4.78, 5) is 0. The van der Waals surface area contributed by atoms with Crippen LogP contribution in [-0.4, -0.2) is 5.11 Å². The van der Waals surface area contributed by atoms with Crippen LogP contribution in [0.4, 0.5) is 0 Å². The van der Waals surface area contributed by atoms with Crippen molar-refractivity contribution < 1.29 is 5.11 Å². The Labute approximate surface area is 81.4 Å². The van der Waals surface area contributed by atoms with Crippen molar-refractivity contribution in [3.63, 3.8) is 0 Å². The van der Waals surface area contributed by atoms with Crippen molar-refractivity contribution >= 4 is 11.6 Å². The van der Waals surface area contributed by atoms with Crippen molar-refractivity contribution in [2.45, 2.75) is 18.8 Å². The van der Waals surface area contributed by atoms with E-state index in [2.05, 4.69) is 0 Å². The molecule has 3 heteroatoms. The van der Waals surface area contributed by atoms with Gasteiger partial charge >= 0.3 is 0 Å². The zero-order valence-electron chi connectivity index (χ0n) is 6.92. The maximum atomic E-state index is 9.55. The lowest BCUT2D eigenvalue weighted by Gasteiger charge is -2.03. The van der Waals surface area contributed by atoms with Gasteiger partial charge in [0.15, 0.2) is 0 Å². The van der Waals surface area contributed by atoms with Crippen molar-refractivity contribution in [3.05, 3.63) is 28.3 Å². The molecule has 2 nitrogen and oxygen atoms in total. The summed E-state index contributed by atoms with van der Waals surface area (Å²) in [5.41, 5.74) is 1.22. The summed E-state index contributed by atoms with van der Waals surface area (Å²) in [6.45, 7) is 0. The number of nitrogens with zero attached hydrogens (tertiary/aromatic N) is 1. The van der Waals surface area contributed by atoms with Gasteiger partial charge < -0.3 is 5.11 Å². The van der Waals surface area contributed by atoms with E-state index >= 15 is 0 Å². The van der Waals surface area contributed by atoms with Crippen LogP contribution in [0.25, 0.3) is 0 Å². The third kappa shape index (κ3) is 1.48. The fourth-order valence-electron chi connectivity index (χ4n) is 1.38. The van der Waals surface area contributed by atoms with Gasteiger partial charge in [-0.05, 0) is 36.5 Å². The molecule has 2 rings (SSSR count). The second-order valence-corrected chi connectivity index (χ2v) is 3.68. The molecule has 1 aliphatic rings. The van der Waals surface area contributed by atoms with E-state index in [-0.39, 0.29) is 5.75 Å². The smallest absolute Gasteiger partial charge is 0.120 e. The lowest BCUT2D eigenvalue weighted by molar-refractivity contribution is 0.468. The molecule has 0 spiro atoms. The number of hydrogen-bond acceptors (Lipinski definition) is 2. The molecule has 13 heavy (non-hydrogen) atoms. The van der Waals surface area contributed by atoms with Gasteiger partial charge in [-0.1, -0.05) is 11.6 Å². The van der Waals surface area contributed by atoms with Crippen LogP contribution in [-0.2, 0) is 0 Å². The molecule has 0 bridgehead atoms. The highest BCUT2D eigenvalue weighted by Gasteiger charge is 2.27. The van der Waals surface area contributed by atoms with Crippen LogP contribution in [0.1, 0.15) is 29.9 Å². The molecule has 0 amide bonds. The van der Waals surface area contributed by atoms with Crippen molar-refractivity contribution in [1.82, 2.24) is 0 Å². The van der Waals surface area contributed by atoms with Crippen LogP contribution in [0.15, 0.2) is 12.1 Å². The fraction of sp³-hybridized carbons (Fsp3) is 0.300. The molecule has 1 fully saturated rings. The Balaban J connectivity index is 2.50. The number of rotatable bonds is 1. The number of phenolic OH excluding ortho intramolecular Hbond substituents is 1. The molecule has 1 aliphatic carbocycles. The molecule has 0 unspecified atom stereocenters. The molecule has 0 atom stereocenters. The molecule has 1 saturated carbocycles. The van der Waals surface area contributed by atoms with E-state index < -0.39 is 0 Å². The Hall–Kier alpha value is -1.20. The molecular formula is C10H8ClNO. The number of halogens is 1. The Kier molecular flexibility index (Phi) is 1.90. The maximum Gasteiger partial charge on any atom is 0.120 e. The van der Waals surface area contributed by atoms with E-state index in [0.29, 0.717) is 16.5 Å². The van der Waals surface area contributed by atoms with Gasteiger partial charge in [0.2, 0.25) is 0 Å². The highest BCUT2D eigenvalue weighted by atomic mass is 35.5. The van der Waals surface area contributed by atoms with Crippen molar-refractivity contribution in [2.75, 3.05) is 0 Å². The molecular weight excluding hydrogens is 186 g/mol. The molecule has 1 N–H and O–H groups in total. The Bertz CT molecular complexity index is 391. The fourth-order valence-corrected chi connectivity index (χ4v) is 1.60. The largest absolute Gasteiger partial charge is 0.508 e. The second-order valence-electron chi connectivity index (χ2n) is 3.28. The summed E-state index contributed by atoms with van der Waals surface area (Å²) in [5.74, 6) is 0.647. The van der Waals surface area contributed by atoms with Gasteiger partial charge in [-0.3, -0.25) is 0 Å². The number of nitriles is 1. The highest BCUT2D eigenvalue weighted by molar-refractivity contribution is 6.31. The Morgan fingerprint density at radius 2 is 2.15 bits per heavy atom. The van der Waals surface area contributed by atoms with E-state index in [1.165, 1.54) is 6.07 Å². The topological polar surface area (TPSA) is 44.0 Å². The third-order valence-corrected chi connectivity index (χ3v) is 2.57. The van der Waals surface area contributed by atoms with E-state index in [1.54, 1.807) is 6.07 Å². The first-order valence-corrected chi connectivity index (χ1v) is 4.52. The van der Waals surface area contributed by atoms with Gasteiger partial charge in [0.05, 0.1) is 10.6 Å². The molecule has 66 valence electrons. The second kappa shape index (κ2) is 2.93. The summed E-state index contributed by atoms with van der Waals surface area (Å²) in [7, 11) is 0. The molecule has 0 aliphatic heterocycles. The Morgan fingerprint density at radius 1 is 1.46 bits per heavy atom. The van der Waals surface area contributed by atoms with Crippen LogP contribution in [0, 0.1) is 11.3 Å². The summed E-state index contributed by atoms with van der Waals surface area (Å²) >= 11 is 5.84. The average molecular weight is 194 g/mol. The SMILES string of the molecule is N#Cc1cc(O)c(C2CC2)cc1Cl. The highest BCUT2D eigenvalue weighted by Crippen LogP contribution is 2.45. The lowest BCUT2D eigenvalue weighted by atomic mass is 10.1. The van der Waals surface area contributed by atoms with Gasteiger partial charge in [-0.25, -0.2) is 0 Å². The summed E-state index contributed by atoms with van der Waals surface area (Å²) < 4.78 is 0. The van der Waals surface area contributed by atoms with Crippen molar-refractivity contribution in [2.24, 2.45) is 0 Å². The quantitative estimate of drug-likeness (QED) is 0.746. The molecule has 0 heterocycles. The van der Waals surface area contributed by atoms with E-state index in [9.17, 15) is 5.11 Å². The van der Waals surface area contributed by atoms with Gasteiger partial charge in [0.1, 0.15) is 11.8 Å². The minimum atomic E-state index is 0.198. The van der Waals surface area contributed by atoms with E-state index in [4.69, 9.17) is 16.9 Å². The predicted molar refractivity (Wildman–Crippen MR) is 49.8 cm³/mol. The summed E-state index contributed by atoms with van der Waals surface area (Å²) in [5, 5.41) is 18.6. The van der Waals surface area contributed by atoms with Crippen molar-refractivity contribution in [1.29, 1.82) is 5.26 Å². The summed E-state index contributed by atoms with van der Waals surface area (Å²) in [6, 6.07) is 5.07. The average Bonchev–Trinajstić information content (AvgIpc) is 2.91. The monoisotopic (exact) mass is 193 g/mol. The van der Waals surface area contributed by atoms with Crippen molar-refractivity contribution in [3.8, 4) is 11.8 Å². The normalized spacial score (nSPS) is 15.4. The molecule has 0 radical (unpaired) electrons. The third-order valence-electron chi connectivity index (χ3n) is 2.25. The van der Waals surface area contributed by atoms with E-state index in [1.807, 2.05) is 6.07 Å². The van der Waals surface area contributed by atoms with Gasteiger partial charge in [0, 0.05) is 0 Å². The first-order valence-electron chi connectivity index (χ1n) is 4.15. The molecule has 1 aromatic carbocycles. The Morgan fingerprint density at radius 3 is 2.69 bits per heavy atom. The predicted octanol–water partition coefficient (Wildman–Crippen LogP) is 2.79. The summed E-state index contributed by atoms with van der Waals surface area (Å²) in [6.07, 6.45) is 2.21. The minimum absolute atomic E-state index is 0.198. The van der Waals surface area contributed by atoms with Crippen LogP contribution < -0.4 is 0 Å².